The van der Waals surface area contributed by atoms with Crippen LogP contribution in [0.15, 0.2) is 17.1 Å². The van der Waals surface area contributed by atoms with Crippen molar-refractivity contribution in [2.24, 2.45) is 0 Å². The van der Waals surface area contributed by atoms with E-state index in [9.17, 15) is 14.7 Å². The minimum absolute atomic E-state index is 0.0569. The molecule has 0 radical (unpaired) electrons. The predicted octanol–water partition coefficient (Wildman–Crippen LogP) is 1.16. The number of aromatic nitrogens is 1. The van der Waals surface area contributed by atoms with E-state index >= 15 is 0 Å². The van der Waals surface area contributed by atoms with Gasteiger partial charge in [0.25, 0.3) is 0 Å². The molecule has 32 heavy (non-hydrogen) atoms. The molecular weight excluding hydrogens is 410 g/mol. The summed E-state index contributed by atoms with van der Waals surface area (Å²) in [7, 11) is 4.25. The van der Waals surface area contributed by atoms with Crippen LogP contribution in [0.5, 0.6) is 5.75 Å². The maximum Gasteiger partial charge on any atom is 0.341 e. The molecule has 2 fully saturated rings. The van der Waals surface area contributed by atoms with Gasteiger partial charge in [0, 0.05) is 58.6 Å². The molecule has 9 heteroatoms. The van der Waals surface area contributed by atoms with Gasteiger partial charge in [0.15, 0.2) is 5.75 Å². The molecule has 9 nitrogen and oxygen atoms in total. The van der Waals surface area contributed by atoms with Crippen LogP contribution in [0.25, 0.3) is 10.9 Å². The van der Waals surface area contributed by atoms with Crippen LogP contribution in [-0.2, 0) is 0 Å². The van der Waals surface area contributed by atoms with Gasteiger partial charge in [-0.3, -0.25) is 4.79 Å². The zero-order valence-corrected chi connectivity index (χ0v) is 19.0. The molecule has 0 spiro atoms. The largest absolute Gasteiger partial charge is 0.487 e. The van der Waals surface area contributed by atoms with Crippen molar-refractivity contribution < 1.29 is 14.6 Å². The Balaban J connectivity index is 1.78. The number of likely N-dealkylation sites (N-methyl/N-ethyl adjacent to an activating group) is 2. The molecule has 3 aliphatic rings. The normalized spacial score (nSPS) is 22.3. The number of ether oxygens (including phenoxy) is 1. The van der Waals surface area contributed by atoms with Gasteiger partial charge in [-0.2, -0.15) is 0 Å². The summed E-state index contributed by atoms with van der Waals surface area (Å²) in [5.74, 6) is -0.474. The second kappa shape index (κ2) is 7.97. The van der Waals surface area contributed by atoms with Crippen LogP contribution in [0, 0.1) is 0 Å². The van der Waals surface area contributed by atoms with Gasteiger partial charge in [-0.1, -0.05) is 0 Å². The summed E-state index contributed by atoms with van der Waals surface area (Å²) >= 11 is 0. The lowest BCUT2D eigenvalue weighted by Crippen LogP contribution is -2.47. The Morgan fingerprint density at radius 3 is 2.19 bits per heavy atom. The van der Waals surface area contributed by atoms with E-state index in [1.54, 1.807) is 0 Å². The van der Waals surface area contributed by atoms with E-state index in [2.05, 4.69) is 33.7 Å². The highest BCUT2D eigenvalue weighted by Gasteiger charge is 2.32. The Hall–Kier alpha value is -2.78. The second-order valence-corrected chi connectivity index (χ2v) is 9.29. The zero-order valence-electron chi connectivity index (χ0n) is 19.0. The number of nitrogens with zero attached hydrogens (tertiary/aromatic N) is 5. The maximum atomic E-state index is 13.2. The number of hydrogen-bond donors (Lipinski definition) is 1. The van der Waals surface area contributed by atoms with Gasteiger partial charge in [-0.05, 0) is 27.1 Å². The SMILES string of the molecule is C[C@H]1COc2c(N3CCN(C)CC3)c(N3CCN(C)CC3)cc3c(=O)c(C(=O)O)cn1c23. The average molecular weight is 442 g/mol. The summed E-state index contributed by atoms with van der Waals surface area (Å²) in [6.45, 7) is 9.69. The van der Waals surface area contributed by atoms with Crippen molar-refractivity contribution >= 4 is 28.2 Å². The van der Waals surface area contributed by atoms with E-state index in [-0.39, 0.29) is 11.6 Å². The summed E-state index contributed by atoms with van der Waals surface area (Å²) in [5.41, 5.74) is 2.10. The molecule has 172 valence electrons. The highest BCUT2D eigenvalue weighted by molar-refractivity contribution is 6.01. The molecule has 1 N–H and O–H groups in total. The second-order valence-electron chi connectivity index (χ2n) is 9.29. The monoisotopic (exact) mass is 441 g/mol. The van der Waals surface area contributed by atoms with Gasteiger partial charge >= 0.3 is 5.97 Å². The number of hydrogen-bond acceptors (Lipinski definition) is 7. The molecule has 2 aromatic rings. The highest BCUT2D eigenvalue weighted by Crippen LogP contribution is 2.46. The molecule has 5 rings (SSSR count). The third-order valence-corrected chi connectivity index (χ3v) is 7.06. The molecule has 3 aliphatic heterocycles. The van der Waals surface area contributed by atoms with E-state index in [1.165, 1.54) is 6.20 Å². The van der Waals surface area contributed by atoms with Crippen molar-refractivity contribution in [1.29, 1.82) is 0 Å². The number of anilines is 2. The van der Waals surface area contributed by atoms with Crippen molar-refractivity contribution in [2.75, 3.05) is 82.9 Å². The lowest BCUT2D eigenvalue weighted by molar-refractivity contribution is 0.0694. The van der Waals surface area contributed by atoms with Crippen molar-refractivity contribution in [3.05, 3.63) is 28.0 Å². The van der Waals surface area contributed by atoms with E-state index in [1.807, 2.05) is 17.6 Å². The summed E-state index contributed by atoms with van der Waals surface area (Å²) < 4.78 is 8.25. The first-order valence-corrected chi connectivity index (χ1v) is 11.3. The Kier molecular flexibility index (Phi) is 5.25. The molecule has 0 unspecified atom stereocenters. The van der Waals surface area contributed by atoms with Gasteiger partial charge in [-0.15, -0.1) is 0 Å². The minimum atomic E-state index is -1.19. The maximum absolute atomic E-state index is 13.2. The number of carbonyl (C=O) groups is 1. The fourth-order valence-electron chi connectivity index (χ4n) is 5.01. The van der Waals surface area contributed by atoms with E-state index < -0.39 is 11.4 Å². The Labute approximate surface area is 187 Å². The molecule has 1 aromatic heterocycles. The van der Waals surface area contributed by atoms with Gasteiger partial charge in [0.1, 0.15) is 17.9 Å². The minimum Gasteiger partial charge on any atom is -0.487 e. The molecule has 0 bridgehead atoms. The van der Waals surface area contributed by atoms with Gasteiger partial charge in [0.05, 0.1) is 22.6 Å². The summed E-state index contributed by atoms with van der Waals surface area (Å²) in [6.07, 6.45) is 1.49. The van der Waals surface area contributed by atoms with Crippen LogP contribution < -0.4 is 20.0 Å². The number of rotatable bonds is 3. The fraction of sp³-hybridized carbons (Fsp3) is 0.565. The Bertz CT molecular complexity index is 1110. The van der Waals surface area contributed by atoms with Gasteiger partial charge < -0.3 is 34.0 Å². The lowest BCUT2D eigenvalue weighted by Gasteiger charge is -2.41. The number of benzene rings is 1. The van der Waals surface area contributed by atoms with Crippen LogP contribution in [-0.4, -0.2) is 98.5 Å². The summed E-state index contributed by atoms with van der Waals surface area (Å²) in [4.78, 5) is 34.4. The third-order valence-electron chi connectivity index (χ3n) is 7.06. The quantitative estimate of drug-likeness (QED) is 0.760. The van der Waals surface area contributed by atoms with Crippen molar-refractivity contribution in [1.82, 2.24) is 14.4 Å². The molecule has 0 saturated carbocycles. The molecule has 0 amide bonds. The van der Waals surface area contributed by atoms with Crippen LogP contribution in [0.3, 0.4) is 0 Å². The standard InChI is InChI=1S/C23H31N5O4/c1-15-14-32-22-19-16(21(29)17(23(30)31)13-28(15)19)12-18(26-8-4-24(2)5-9-26)20(22)27-10-6-25(3)7-11-27/h12-13,15H,4-11,14H2,1-3H3,(H,30,31)/t15-/m0/s1. The molecule has 1 aromatic carbocycles. The number of aromatic carboxylic acids is 1. The van der Waals surface area contributed by atoms with Gasteiger partial charge in [-0.25, -0.2) is 4.79 Å². The van der Waals surface area contributed by atoms with Crippen LogP contribution in [0.2, 0.25) is 0 Å². The third kappa shape index (κ3) is 3.40. The topological polar surface area (TPSA) is 81.5 Å². The number of pyridine rings is 1. The lowest BCUT2D eigenvalue weighted by atomic mass is 10.0. The number of carboxylic acid groups (broad SMARTS) is 1. The average Bonchev–Trinajstić information content (AvgIpc) is 2.78. The summed E-state index contributed by atoms with van der Waals surface area (Å²) in [5, 5.41) is 10.1. The molecule has 2 saturated heterocycles. The number of piperazine rings is 2. The fourth-order valence-corrected chi connectivity index (χ4v) is 5.01. The highest BCUT2D eigenvalue weighted by atomic mass is 16.5. The van der Waals surface area contributed by atoms with Crippen LogP contribution in [0.1, 0.15) is 23.3 Å². The molecule has 4 heterocycles. The Morgan fingerprint density at radius 2 is 1.59 bits per heavy atom. The molecular formula is C23H31N5O4. The van der Waals surface area contributed by atoms with Gasteiger partial charge in [0.2, 0.25) is 5.43 Å². The van der Waals surface area contributed by atoms with E-state index in [0.29, 0.717) is 23.3 Å². The first-order valence-electron chi connectivity index (χ1n) is 11.3. The predicted molar refractivity (Wildman–Crippen MR) is 125 cm³/mol. The van der Waals surface area contributed by atoms with Crippen LogP contribution >= 0.6 is 0 Å². The summed E-state index contributed by atoms with van der Waals surface area (Å²) in [6, 6.07) is 1.86. The molecule has 0 aliphatic carbocycles. The van der Waals surface area contributed by atoms with Crippen molar-refractivity contribution in [3.8, 4) is 5.75 Å². The smallest absolute Gasteiger partial charge is 0.341 e. The van der Waals surface area contributed by atoms with E-state index in [0.717, 1.165) is 63.7 Å². The first kappa shape index (κ1) is 21.1. The van der Waals surface area contributed by atoms with Crippen molar-refractivity contribution in [2.45, 2.75) is 13.0 Å². The number of carboxylic acids is 1. The first-order chi connectivity index (χ1) is 15.3. The van der Waals surface area contributed by atoms with Crippen LogP contribution in [0.4, 0.5) is 11.4 Å². The van der Waals surface area contributed by atoms with Crippen molar-refractivity contribution in [3.63, 3.8) is 0 Å². The Morgan fingerprint density at radius 1 is 1.00 bits per heavy atom. The van der Waals surface area contributed by atoms with E-state index in [4.69, 9.17) is 4.74 Å². The molecule has 1 atom stereocenters. The zero-order chi connectivity index (χ0) is 22.6.